The van der Waals surface area contributed by atoms with Gasteiger partial charge >= 0.3 is 0 Å². The number of nitrogens with one attached hydrogen (secondary N) is 1. The van der Waals surface area contributed by atoms with Crippen molar-refractivity contribution in [2.45, 2.75) is 46.2 Å². The Kier molecular flexibility index (Phi) is 6.56. The molecule has 5 nitrogen and oxygen atoms in total. The summed E-state index contributed by atoms with van der Waals surface area (Å²) >= 11 is 0. The summed E-state index contributed by atoms with van der Waals surface area (Å²) in [4.78, 5) is 14.1. The van der Waals surface area contributed by atoms with Gasteiger partial charge in [0.05, 0.1) is 18.4 Å². The second-order valence-corrected chi connectivity index (χ2v) is 5.01. The van der Waals surface area contributed by atoms with Gasteiger partial charge in [-0.25, -0.2) is 4.68 Å². The van der Waals surface area contributed by atoms with E-state index in [1.807, 2.05) is 7.05 Å². The number of anilines is 1. The van der Waals surface area contributed by atoms with Gasteiger partial charge in [-0.15, -0.1) is 0 Å². The van der Waals surface area contributed by atoms with Gasteiger partial charge in [-0.05, 0) is 26.3 Å². The lowest BCUT2D eigenvalue weighted by Crippen LogP contribution is -2.36. The smallest absolute Gasteiger partial charge is 0.268 e. The molecule has 0 amide bonds. The Morgan fingerprint density at radius 1 is 1.42 bits per heavy atom. The molecule has 1 aromatic rings. The molecule has 0 fully saturated rings. The molecule has 1 rings (SSSR count). The second-order valence-electron chi connectivity index (χ2n) is 5.01. The lowest BCUT2D eigenvalue weighted by molar-refractivity contribution is 0.439. The van der Waals surface area contributed by atoms with Crippen LogP contribution in [0, 0.1) is 0 Å². The fraction of sp³-hybridized carbons (Fsp3) is 0.714. The minimum Gasteiger partial charge on any atom is -0.373 e. The van der Waals surface area contributed by atoms with E-state index in [0.717, 1.165) is 31.6 Å². The number of aromatic nitrogens is 2. The largest absolute Gasteiger partial charge is 0.373 e. The fourth-order valence-corrected chi connectivity index (χ4v) is 1.95. The number of hydrogen-bond acceptors (Lipinski definition) is 4. The van der Waals surface area contributed by atoms with Gasteiger partial charge in [0.25, 0.3) is 5.56 Å². The van der Waals surface area contributed by atoms with Crippen LogP contribution in [0.2, 0.25) is 0 Å². The highest BCUT2D eigenvalue weighted by Crippen LogP contribution is 2.07. The third-order valence-electron chi connectivity index (χ3n) is 3.04. The van der Waals surface area contributed by atoms with Crippen molar-refractivity contribution in [3.63, 3.8) is 0 Å². The van der Waals surface area contributed by atoms with Crippen molar-refractivity contribution < 1.29 is 0 Å². The first-order valence-corrected chi connectivity index (χ1v) is 7.10. The van der Waals surface area contributed by atoms with Crippen molar-refractivity contribution in [1.29, 1.82) is 0 Å². The molecule has 0 aliphatic carbocycles. The predicted molar refractivity (Wildman–Crippen MR) is 79.8 cm³/mol. The highest BCUT2D eigenvalue weighted by molar-refractivity contribution is 5.41. The van der Waals surface area contributed by atoms with Crippen molar-refractivity contribution in [3.05, 3.63) is 22.6 Å². The lowest BCUT2D eigenvalue weighted by Gasteiger charge is -2.19. The molecule has 1 heterocycles. The Morgan fingerprint density at radius 3 is 2.74 bits per heavy atom. The van der Waals surface area contributed by atoms with Crippen LogP contribution in [0.15, 0.2) is 17.1 Å². The Balaban J connectivity index is 2.69. The summed E-state index contributed by atoms with van der Waals surface area (Å²) in [6.45, 7) is 8.82. The SMILES string of the molecule is CCCNC(C)Cn1ncc(N(C)CCC)cc1=O. The quantitative estimate of drug-likeness (QED) is 0.774. The highest BCUT2D eigenvalue weighted by Gasteiger charge is 2.07. The summed E-state index contributed by atoms with van der Waals surface area (Å²) in [6, 6.07) is 1.92. The third-order valence-corrected chi connectivity index (χ3v) is 3.04. The van der Waals surface area contributed by atoms with Gasteiger partial charge in [-0.1, -0.05) is 13.8 Å². The standard InChI is InChI=1S/C14H26N4O/c1-5-7-15-12(3)11-18-14(19)9-13(10-16-18)17(4)8-6-2/h9-10,12,15H,5-8,11H2,1-4H3. The molecule has 1 unspecified atom stereocenters. The molecule has 1 N–H and O–H groups in total. The molecule has 5 heteroatoms. The molecule has 0 saturated carbocycles. The molecule has 0 bridgehead atoms. The van der Waals surface area contributed by atoms with Crippen LogP contribution in [0.5, 0.6) is 0 Å². The normalized spacial score (nSPS) is 12.4. The molecule has 0 aliphatic rings. The summed E-state index contributed by atoms with van der Waals surface area (Å²) in [6.07, 6.45) is 3.91. The van der Waals surface area contributed by atoms with E-state index >= 15 is 0 Å². The van der Waals surface area contributed by atoms with Gasteiger partial charge in [0.2, 0.25) is 0 Å². The number of nitrogens with zero attached hydrogens (tertiary/aromatic N) is 3. The van der Waals surface area contributed by atoms with Crippen molar-refractivity contribution in [2.24, 2.45) is 0 Å². The van der Waals surface area contributed by atoms with Crippen LogP contribution in [0.1, 0.15) is 33.6 Å². The van der Waals surface area contributed by atoms with Gasteiger partial charge < -0.3 is 10.2 Å². The molecule has 19 heavy (non-hydrogen) atoms. The zero-order valence-corrected chi connectivity index (χ0v) is 12.5. The van der Waals surface area contributed by atoms with Crippen LogP contribution in [-0.4, -0.2) is 36.0 Å². The first kappa shape index (κ1) is 15.7. The lowest BCUT2D eigenvalue weighted by atomic mass is 10.3. The number of hydrogen-bond donors (Lipinski definition) is 1. The highest BCUT2D eigenvalue weighted by atomic mass is 16.1. The Hall–Kier alpha value is -1.36. The van der Waals surface area contributed by atoms with Crippen LogP contribution in [0.25, 0.3) is 0 Å². The third kappa shape index (κ3) is 5.03. The monoisotopic (exact) mass is 266 g/mol. The molecule has 1 aromatic heterocycles. The van der Waals surface area contributed by atoms with E-state index in [-0.39, 0.29) is 11.6 Å². The van der Waals surface area contributed by atoms with E-state index in [0.29, 0.717) is 6.54 Å². The van der Waals surface area contributed by atoms with Crippen LogP contribution in [-0.2, 0) is 6.54 Å². The Morgan fingerprint density at radius 2 is 2.16 bits per heavy atom. The van der Waals surface area contributed by atoms with E-state index in [9.17, 15) is 4.79 Å². The summed E-state index contributed by atoms with van der Waals surface area (Å²) in [7, 11) is 1.98. The summed E-state index contributed by atoms with van der Waals surface area (Å²) in [5.41, 5.74) is 0.850. The summed E-state index contributed by atoms with van der Waals surface area (Å²) in [5.74, 6) is 0. The fourth-order valence-electron chi connectivity index (χ4n) is 1.95. The van der Waals surface area contributed by atoms with E-state index in [1.54, 1.807) is 12.3 Å². The molecule has 0 aromatic carbocycles. The van der Waals surface area contributed by atoms with Crippen LogP contribution in [0.4, 0.5) is 5.69 Å². The van der Waals surface area contributed by atoms with Crippen LogP contribution in [0.3, 0.4) is 0 Å². The average molecular weight is 266 g/mol. The molecule has 0 aliphatic heterocycles. The van der Waals surface area contributed by atoms with Gasteiger partial charge in [-0.2, -0.15) is 5.10 Å². The van der Waals surface area contributed by atoms with Gasteiger partial charge in [0.15, 0.2) is 0 Å². The minimum atomic E-state index is -0.0365. The predicted octanol–water partition coefficient (Wildman–Crippen LogP) is 1.48. The van der Waals surface area contributed by atoms with Crippen molar-refractivity contribution in [2.75, 3.05) is 25.0 Å². The first-order chi connectivity index (χ1) is 9.08. The van der Waals surface area contributed by atoms with Gasteiger partial charge in [0, 0.05) is 25.7 Å². The maximum absolute atomic E-state index is 12.0. The van der Waals surface area contributed by atoms with Crippen LogP contribution >= 0.6 is 0 Å². The first-order valence-electron chi connectivity index (χ1n) is 7.10. The van der Waals surface area contributed by atoms with Crippen LogP contribution < -0.4 is 15.8 Å². The molecular formula is C14H26N4O. The van der Waals surface area contributed by atoms with Gasteiger partial charge in [-0.3, -0.25) is 4.79 Å². The molecule has 0 spiro atoms. The minimum absolute atomic E-state index is 0.0365. The van der Waals surface area contributed by atoms with Crippen molar-refractivity contribution in [3.8, 4) is 0 Å². The maximum atomic E-state index is 12.0. The molecule has 0 saturated heterocycles. The van der Waals surface area contributed by atoms with Crippen molar-refractivity contribution in [1.82, 2.24) is 15.1 Å². The zero-order valence-electron chi connectivity index (χ0n) is 12.5. The topological polar surface area (TPSA) is 50.2 Å². The van der Waals surface area contributed by atoms with Crippen molar-refractivity contribution >= 4 is 5.69 Å². The number of rotatable bonds is 8. The molecule has 1 atom stereocenters. The van der Waals surface area contributed by atoms with E-state index < -0.39 is 0 Å². The van der Waals surface area contributed by atoms with E-state index in [1.165, 1.54) is 4.68 Å². The van der Waals surface area contributed by atoms with E-state index in [2.05, 4.69) is 36.1 Å². The Labute approximate surface area is 115 Å². The molecular weight excluding hydrogens is 240 g/mol. The second kappa shape index (κ2) is 7.94. The molecule has 108 valence electrons. The molecule has 0 radical (unpaired) electrons. The van der Waals surface area contributed by atoms with E-state index in [4.69, 9.17) is 0 Å². The van der Waals surface area contributed by atoms with Gasteiger partial charge in [0.1, 0.15) is 0 Å². The average Bonchev–Trinajstić information content (AvgIpc) is 2.39. The summed E-state index contributed by atoms with van der Waals surface area (Å²) in [5, 5.41) is 7.61. The Bertz CT molecular complexity index is 430. The zero-order chi connectivity index (χ0) is 14.3. The summed E-state index contributed by atoms with van der Waals surface area (Å²) < 4.78 is 1.52. The maximum Gasteiger partial charge on any atom is 0.268 e.